The Morgan fingerprint density at radius 3 is 2.56 bits per heavy atom. The number of amides is 1. The molecule has 1 amide bonds. The Morgan fingerprint density at radius 2 is 1.94 bits per heavy atom. The molecule has 0 bridgehead atoms. The monoisotopic (exact) mass is 248 g/mol. The molecule has 1 aromatic rings. The summed E-state index contributed by atoms with van der Waals surface area (Å²) in [7, 11) is 0. The van der Waals surface area contributed by atoms with Gasteiger partial charge in [-0.15, -0.1) is 0 Å². The molecule has 1 fully saturated rings. The molecule has 4 nitrogen and oxygen atoms in total. The fourth-order valence-corrected chi connectivity index (χ4v) is 1.84. The average Bonchev–Trinajstić information content (AvgIpc) is 3.20. The lowest BCUT2D eigenvalue weighted by atomic mass is 10.1. The molecule has 1 saturated carbocycles. The summed E-state index contributed by atoms with van der Waals surface area (Å²) in [5.41, 5.74) is 4.22. The zero-order valence-electron chi connectivity index (χ0n) is 10.5. The fourth-order valence-electron chi connectivity index (χ4n) is 1.84. The van der Waals surface area contributed by atoms with E-state index in [-0.39, 0.29) is 5.91 Å². The summed E-state index contributed by atoms with van der Waals surface area (Å²) in [6.45, 7) is 1.50. The molecule has 1 aliphatic rings. The third-order valence-electron chi connectivity index (χ3n) is 3.18. The minimum Gasteiger partial charge on any atom is -0.377 e. The molecule has 2 rings (SSSR count). The smallest absolute Gasteiger partial charge is 0.238 e. The maximum atomic E-state index is 11.1. The summed E-state index contributed by atoms with van der Waals surface area (Å²) in [4.78, 5) is 11.1. The van der Waals surface area contributed by atoms with E-state index in [2.05, 4.69) is 5.43 Å². The summed E-state index contributed by atoms with van der Waals surface area (Å²) >= 11 is 0. The Labute approximate surface area is 107 Å². The van der Waals surface area contributed by atoms with Crippen LogP contribution in [0.25, 0.3) is 0 Å². The third-order valence-corrected chi connectivity index (χ3v) is 3.18. The van der Waals surface area contributed by atoms with Crippen LogP contribution in [-0.2, 0) is 22.6 Å². The van der Waals surface area contributed by atoms with E-state index in [0.29, 0.717) is 13.0 Å². The van der Waals surface area contributed by atoms with Crippen LogP contribution in [0.2, 0.25) is 0 Å². The highest BCUT2D eigenvalue weighted by molar-refractivity contribution is 5.77. The van der Waals surface area contributed by atoms with Crippen molar-refractivity contribution in [3.05, 3.63) is 35.4 Å². The van der Waals surface area contributed by atoms with Gasteiger partial charge in [0.25, 0.3) is 0 Å². The number of hydrazine groups is 1. The Morgan fingerprint density at radius 1 is 1.28 bits per heavy atom. The van der Waals surface area contributed by atoms with Crippen molar-refractivity contribution >= 4 is 5.91 Å². The molecule has 1 aliphatic carbocycles. The highest BCUT2D eigenvalue weighted by atomic mass is 16.5. The second kappa shape index (κ2) is 6.52. The summed E-state index contributed by atoms with van der Waals surface area (Å²) < 4.78 is 5.61. The first-order valence-electron chi connectivity index (χ1n) is 6.43. The van der Waals surface area contributed by atoms with E-state index < -0.39 is 0 Å². The van der Waals surface area contributed by atoms with Gasteiger partial charge in [0, 0.05) is 6.61 Å². The zero-order chi connectivity index (χ0) is 12.8. The number of carbonyl (C=O) groups is 1. The molecule has 0 heterocycles. The number of carbonyl (C=O) groups excluding carboxylic acids is 1. The van der Waals surface area contributed by atoms with Crippen molar-refractivity contribution in [2.75, 3.05) is 6.61 Å². The molecular formula is C14H20N2O2. The van der Waals surface area contributed by atoms with Crippen molar-refractivity contribution in [2.45, 2.75) is 32.3 Å². The molecule has 18 heavy (non-hydrogen) atoms. The van der Waals surface area contributed by atoms with Gasteiger partial charge in [0.2, 0.25) is 5.91 Å². The number of benzene rings is 1. The van der Waals surface area contributed by atoms with Crippen LogP contribution in [0, 0.1) is 5.92 Å². The molecule has 4 heteroatoms. The van der Waals surface area contributed by atoms with Gasteiger partial charge in [0.05, 0.1) is 13.0 Å². The van der Waals surface area contributed by atoms with Crippen LogP contribution in [0.5, 0.6) is 0 Å². The van der Waals surface area contributed by atoms with Crippen LogP contribution < -0.4 is 11.3 Å². The van der Waals surface area contributed by atoms with E-state index in [9.17, 15) is 4.79 Å². The number of hydrogen-bond donors (Lipinski definition) is 2. The van der Waals surface area contributed by atoms with Gasteiger partial charge in [0.1, 0.15) is 0 Å². The lowest BCUT2D eigenvalue weighted by Gasteiger charge is -2.05. The molecule has 0 saturated heterocycles. The molecule has 0 spiro atoms. The minimum absolute atomic E-state index is 0.177. The number of hydrogen-bond acceptors (Lipinski definition) is 3. The molecule has 0 unspecified atom stereocenters. The van der Waals surface area contributed by atoms with Crippen LogP contribution in [0.4, 0.5) is 0 Å². The molecule has 0 atom stereocenters. The summed E-state index contributed by atoms with van der Waals surface area (Å²) in [6, 6.07) is 7.87. The average molecular weight is 248 g/mol. The van der Waals surface area contributed by atoms with Crippen LogP contribution in [0.1, 0.15) is 30.4 Å². The van der Waals surface area contributed by atoms with E-state index >= 15 is 0 Å². The van der Waals surface area contributed by atoms with Crippen molar-refractivity contribution in [1.82, 2.24) is 5.43 Å². The zero-order valence-corrected chi connectivity index (χ0v) is 10.5. The van der Waals surface area contributed by atoms with Crippen LogP contribution in [-0.4, -0.2) is 12.5 Å². The second-order valence-electron chi connectivity index (χ2n) is 4.85. The molecule has 3 N–H and O–H groups in total. The van der Waals surface area contributed by atoms with Crippen LogP contribution in [0.3, 0.4) is 0 Å². The van der Waals surface area contributed by atoms with Crippen molar-refractivity contribution in [3.8, 4) is 0 Å². The maximum absolute atomic E-state index is 11.1. The van der Waals surface area contributed by atoms with Gasteiger partial charge in [-0.05, 0) is 23.5 Å². The molecule has 98 valence electrons. The SMILES string of the molecule is NNC(=O)Cc1ccc(COCCC2CC2)cc1. The van der Waals surface area contributed by atoms with E-state index in [0.717, 1.165) is 23.7 Å². The van der Waals surface area contributed by atoms with Crippen molar-refractivity contribution in [2.24, 2.45) is 11.8 Å². The van der Waals surface area contributed by atoms with Crippen LogP contribution >= 0.6 is 0 Å². The van der Waals surface area contributed by atoms with E-state index in [1.165, 1.54) is 19.3 Å². The van der Waals surface area contributed by atoms with Gasteiger partial charge >= 0.3 is 0 Å². The molecule has 1 aromatic carbocycles. The van der Waals surface area contributed by atoms with E-state index in [1.54, 1.807) is 0 Å². The van der Waals surface area contributed by atoms with Gasteiger partial charge in [-0.1, -0.05) is 37.1 Å². The summed E-state index contributed by atoms with van der Waals surface area (Å²) in [5, 5.41) is 0. The van der Waals surface area contributed by atoms with Gasteiger partial charge in [-0.25, -0.2) is 5.84 Å². The minimum atomic E-state index is -0.177. The van der Waals surface area contributed by atoms with Gasteiger partial charge in [0.15, 0.2) is 0 Å². The number of nitrogens with two attached hydrogens (primary N) is 1. The predicted octanol–water partition coefficient (Wildman–Crippen LogP) is 1.54. The summed E-state index contributed by atoms with van der Waals surface area (Å²) in [5.74, 6) is 5.78. The normalized spacial score (nSPS) is 14.5. The number of ether oxygens (including phenoxy) is 1. The lowest BCUT2D eigenvalue weighted by molar-refractivity contribution is -0.120. The molecule has 0 aliphatic heterocycles. The van der Waals surface area contributed by atoms with Crippen LogP contribution in [0.15, 0.2) is 24.3 Å². The van der Waals surface area contributed by atoms with Gasteiger partial charge < -0.3 is 4.74 Å². The van der Waals surface area contributed by atoms with Gasteiger partial charge in [-0.2, -0.15) is 0 Å². The predicted molar refractivity (Wildman–Crippen MR) is 69.5 cm³/mol. The Bertz CT molecular complexity index is 385. The first-order chi connectivity index (χ1) is 8.78. The standard InChI is InChI=1S/C14H20N2O2/c15-16-14(17)9-12-3-5-13(6-4-12)10-18-8-7-11-1-2-11/h3-6,11H,1-2,7-10,15H2,(H,16,17). The number of rotatable bonds is 7. The third kappa shape index (κ3) is 4.47. The quantitative estimate of drug-likeness (QED) is 0.333. The fraction of sp³-hybridized carbons (Fsp3) is 0.500. The summed E-state index contributed by atoms with van der Waals surface area (Å²) in [6.07, 6.45) is 4.26. The number of nitrogens with one attached hydrogen (secondary N) is 1. The largest absolute Gasteiger partial charge is 0.377 e. The van der Waals surface area contributed by atoms with E-state index in [1.807, 2.05) is 24.3 Å². The van der Waals surface area contributed by atoms with Crippen molar-refractivity contribution in [3.63, 3.8) is 0 Å². The highest BCUT2D eigenvalue weighted by Gasteiger charge is 2.20. The van der Waals surface area contributed by atoms with Gasteiger partial charge in [-0.3, -0.25) is 10.2 Å². The van der Waals surface area contributed by atoms with Crippen molar-refractivity contribution in [1.29, 1.82) is 0 Å². The first kappa shape index (κ1) is 13.1. The highest BCUT2D eigenvalue weighted by Crippen LogP contribution is 2.32. The lowest BCUT2D eigenvalue weighted by Crippen LogP contribution is -2.31. The Balaban J connectivity index is 1.70. The first-order valence-corrected chi connectivity index (χ1v) is 6.43. The maximum Gasteiger partial charge on any atom is 0.238 e. The Hall–Kier alpha value is -1.39. The van der Waals surface area contributed by atoms with E-state index in [4.69, 9.17) is 10.6 Å². The Kier molecular flexibility index (Phi) is 4.73. The molecular weight excluding hydrogens is 228 g/mol. The second-order valence-corrected chi connectivity index (χ2v) is 4.85. The topological polar surface area (TPSA) is 64.3 Å². The molecule has 0 radical (unpaired) electrons. The molecule has 0 aromatic heterocycles. The van der Waals surface area contributed by atoms with Crippen molar-refractivity contribution < 1.29 is 9.53 Å².